The molecule has 1 aromatic heterocycles. The fourth-order valence-electron chi connectivity index (χ4n) is 3.68. The van der Waals surface area contributed by atoms with Crippen LogP contribution in [0.25, 0.3) is 0 Å². The van der Waals surface area contributed by atoms with Gasteiger partial charge in [0.15, 0.2) is 0 Å². The molecular weight excluding hydrogens is 288 g/mol. The second-order valence-electron chi connectivity index (χ2n) is 6.84. The number of nitrogens with zero attached hydrogens (tertiary/aromatic N) is 3. The normalized spacial score (nSPS) is 23.0. The van der Waals surface area contributed by atoms with Gasteiger partial charge in [-0.25, -0.2) is 9.97 Å². The Bertz CT molecular complexity index is 496. The highest BCUT2D eigenvalue weighted by Gasteiger charge is 2.21. The van der Waals surface area contributed by atoms with Crippen LogP contribution in [0.5, 0.6) is 0 Å². The third-order valence-electron chi connectivity index (χ3n) is 5.08. The van der Waals surface area contributed by atoms with E-state index < -0.39 is 0 Å². The highest BCUT2D eigenvalue weighted by molar-refractivity contribution is 5.41. The lowest BCUT2D eigenvalue weighted by molar-refractivity contribution is 0.0682. The highest BCUT2D eigenvalue weighted by atomic mass is 16.5. The van der Waals surface area contributed by atoms with Crippen LogP contribution >= 0.6 is 0 Å². The average Bonchev–Trinajstić information content (AvgIpc) is 2.61. The van der Waals surface area contributed by atoms with Gasteiger partial charge in [0.2, 0.25) is 0 Å². The Balaban J connectivity index is 1.74. The summed E-state index contributed by atoms with van der Waals surface area (Å²) >= 11 is 0. The Morgan fingerprint density at radius 1 is 1.26 bits per heavy atom. The monoisotopic (exact) mass is 318 g/mol. The van der Waals surface area contributed by atoms with Crippen LogP contribution in [0.2, 0.25) is 0 Å². The predicted octanol–water partition coefficient (Wildman–Crippen LogP) is 2.50. The molecule has 128 valence electrons. The molecule has 2 saturated heterocycles. The zero-order valence-electron chi connectivity index (χ0n) is 14.6. The van der Waals surface area contributed by atoms with Crippen molar-refractivity contribution in [2.24, 2.45) is 5.92 Å². The minimum atomic E-state index is 0.533. The summed E-state index contributed by atoms with van der Waals surface area (Å²) in [5.74, 6) is 3.25. The molecule has 0 aliphatic carbocycles. The molecule has 2 aliphatic heterocycles. The zero-order chi connectivity index (χ0) is 16.1. The lowest BCUT2D eigenvalue weighted by atomic mass is 9.95. The Kier molecular flexibility index (Phi) is 5.84. The van der Waals surface area contributed by atoms with Gasteiger partial charge in [-0.2, -0.15) is 0 Å². The van der Waals surface area contributed by atoms with Gasteiger partial charge in [-0.05, 0) is 52.0 Å². The molecule has 0 spiro atoms. The van der Waals surface area contributed by atoms with Crippen molar-refractivity contribution in [2.45, 2.75) is 45.4 Å². The van der Waals surface area contributed by atoms with Gasteiger partial charge < -0.3 is 15.0 Å². The van der Waals surface area contributed by atoms with Gasteiger partial charge in [0, 0.05) is 44.8 Å². The van der Waals surface area contributed by atoms with Crippen LogP contribution in [-0.2, 0) is 4.74 Å². The van der Waals surface area contributed by atoms with Crippen LogP contribution in [0.1, 0.15) is 50.0 Å². The maximum Gasteiger partial charge on any atom is 0.132 e. The summed E-state index contributed by atoms with van der Waals surface area (Å²) in [6.07, 6.45) is 4.80. The van der Waals surface area contributed by atoms with E-state index in [9.17, 15) is 0 Å². The predicted molar refractivity (Wildman–Crippen MR) is 93.0 cm³/mol. The van der Waals surface area contributed by atoms with E-state index in [1.165, 1.54) is 31.4 Å². The first-order valence-electron chi connectivity index (χ1n) is 9.15. The maximum absolute atomic E-state index is 5.49. The van der Waals surface area contributed by atoms with E-state index in [-0.39, 0.29) is 0 Å². The largest absolute Gasteiger partial charge is 0.381 e. The van der Waals surface area contributed by atoms with Gasteiger partial charge in [-0.3, -0.25) is 0 Å². The van der Waals surface area contributed by atoms with Crippen molar-refractivity contribution >= 4 is 5.82 Å². The van der Waals surface area contributed by atoms with Crippen LogP contribution in [0, 0.1) is 12.8 Å². The number of ether oxygens (including phenoxy) is 1. The summed E-state index contributed by atoms with van der Waals surface area (Å²) in [4.78, 5) is 11.9. The van der Waals surface area contributed by atoms with Crippen LogP contribution in [-0.4, -0.2) is 49.4 Å². The SMILES string of the molecule is CCN(CC1CCOCC1)c1cc([C@H]2CCCNC2)nc(C)n1. The number of nitrogens with one attached hydrogen (secondary N) is 1. The number of aromatic nitrogens is 2. The minimum absolute atomic E-state index is 0.533. The van der Waals surface area contributed by atoms with E-state index in [1.54, 1.807) is 0 Å². The molecule has 2 aliphatic rings. The number of hydrogen-bond donors (Lipinski definition) is 1. The van der Waals surface area contributed by atoms with Gasteiger partial charge in [-0.1, -0.05) is 0 Å². The van der Waals surface area contributed by atoms with E-state index in [1.807, 2.05) is 6.92 Å². The van der Waals surface area contributed by atoms with Crippen molar-refractivity contribution in [3.8, 4) is 0 Å². The molecule has 0 aromatic carbocycles. The third kappa shape index (κ3) is 4.42. The van der Waals surface area contributed by atoms with Gasteiger partial charge in [-0.15, -0.1) is 0 Å². The van der Waals surface area contributed by atoms with E-state index in [4.69, 9.17) is 14.7 Å². The summed E-state index contributed by atoms with van der Waals surface area (Å²) in [6.45, 7) is 10.3. The Hall–Kier alpha value is -1.20. The highest BCUT2D eigenvalue weighted by Crippen LogP contribution is 2.26. The fourth-order valence-corrected chi connectivity index (χ4v) is 3.68. The summed E-state index contributed by atoms with van der Waals surface area (Å²) < 4.78 is 5.49. The van der Waals surface area contributed by atoms with Crippen LogP contribution in [0.4, 0.5) is 5.82 Å². The van der Waals surface area contributed by atoms with Crippen LogP contribution in [0.3, 0.4) is 0 Å². The third-order valence-corrected chi connectivity index (χ3v) is 5.08. The molecule has 0 unspecified atom stereocenters. The first-order chi connectivity index (χ1) is 11.3. The van der Waals surface area contributed by atoms with Crippen molar-refractivity contribution in [2.75, 3.05) is 44.3 Å². The molecule has 2 fully saturated rings. The van der Waals surface area contributed by atoms with E-state index >= 15 is 0 Å². The van der Waals surface area contributed by atoms with Crippen molar-refractivity contribution < 1.29 is 4.74 Å². The van der Waals surface area contributed by atoms with E-state index in [0.717, 1.165) is 57.0 Å². The molecule has 0 amide bonds. The molecule has 0 radical (unpaired) electrons. The van der Waals surface area contributed by atoms with Gasteiger partial charge in [0.05, 0.1) is 5.69 Å². The van der Waals surface area contributed by atoms with Gasteiger partial charge in [0.1, 0.15) is 11.6 Å². The summed E-state index contributed by atoms with van der Waals surface area (Å²) in [5, 5.41) is 3.49. The number of anilines is 1. The lowest BCUT2D eigenvalue weighted by Gasteiger charge is -2.30. The summed E-state index contributed by atoms with van der Waals surface area (Å²) in [7, 11) is 0. The zero-order valence-corrected chi connectivity index (χ0v) is 14.6. The molecule has 1 N–H and O–H groups in total. The second kappa shape index (κ2) is 8.06. The van der Waals surface area contributed by atoms with Crippen molar-refractivity contribution in [1.82, 2.24) is 15.3 Å². The fraction of sp³-hybridized carbons (Fsp3) is 0.778. The van der Waals surface area contributed by atoms with Crippen molar-refractivity contribution in [1.29, 1.82) is 0 Å². The molecule has 5 heteroatoms. The molecule has 3 rings (SSSR count). The second-order valence-corrected chi connectivity index (χ2v) is 6.84. The average molecular weight is 318 g/mol. The van der Waals surface area contributed by atoms with Crippen LogP contribution in [0.15, 0.2) is 6.07 Å². The number of aryl methyl sites for hydroxylation is 1. The van der Waals surface area contributed by atoms with Crippen LogP contribution < -0.4 is 10.2 Å². The molecule has 5 nitrogen and oxygen atoms in total. The maximum atomic E-state index is 5.49. The quantitative estimate of drug-likeness (QED) is 0.904. The number of rotatable bonds is 5. The van der Waals surface area contributed by atoms with E-state index in [0.29, 0.717) is 5.92 Å². The lowest BCUT2D eigenvalue weighted by Crippen LogP contribution is -2.33. The Labute approximate surface area is 139 Å². The standard InChI is InChI=1S/C18H30N4O/c1-3-22(13-15-6-9-23-10-7-15)18-11-17(20-14(2)21-18)16-5-4-8-19-12-16/h11,15-16,19H,3-10,12-13H2,1-2H3/t16-/m0/s1. The first-order valence-corrected chi connectivity index (χ1v) is 9.15. The molecule has 1 atom stereocenters. The molecular formula is C18H30N4O. The minimum Gasteiger partial charge on any atom is -0.381 e. The number of hydrogen-bond acceptors (Lipinski definition) is 5. The van der Waals surface area contributed by atoms with Crippen molar-refractivity contribution in [3.63, 3.8) is 0 Å². The Morgan fingerprint density at radius 2 is 2.09 bits per heavy atom. The van der Waals surface area contributed by atoms with Gasteiger partial charge >= 0.3 is 0 Å². The summed E-state index contributed by atoms with van der Waals surface area (Å²) in [5.41, 5.74) is 1.21. The first kappa shape index (κ1) is 16.7. The molecule has 0 saturated carbocycles. The molecule has 1 aromatic rings. The van der Waals surface area contributed by atoms with Gasteiger partial charge in [0.25, 0.3) is 0 Å². The number of piperidine rings is 1. The Morgan fingerprint density at radius 3 is 2.78 bits per heavy atom. The summed E-state index contributed by atoms with van der Waals surface area (Å²) in [6, 6.07) is 2.23. The van der Waals surface area contributed by atoms with Crippen molar-refractivity contribution in [3.05, 3.63) is 17.6 Å². The van der Waals surface area contributed by atoms with E-state index in [2.05, 4.69) is 23.2 Å². The topological polar surface area (TPSA) is 50.3 Å². The molecule has 3 heterocycles. The smallest absolute Gasteiger partial charge is 0.132 e. The molecule has 0 bridgehead atoms. The molecule has 23 heavy (non-hydrogen) atoms.